The number of nitrogens with zero attached hydrogens (tertiary/aromatic N) is 2. The van der Waals surface area contributed by atoms with Gasteiger partial charge in [-0.15, -0.1) is 0 Å². The van der Waals surface area contributed by atoms with Gasteiger partial charge in [0.2, 0.25) is 0 Å². The number of anilines is 1. The highest BCUT2D eigenvalue weighted by atomic mass is 16.5. The molecule has 1 heterocycles. The maximum absolute atomic E-state index is 5.30. The highest BCUT2D eigenvalue weighted by Gasteiger charge is 2.11. The van der Waals surface area contributed by atoms with Crippen LogP contribution in [0.25, 0.3) is 0 Å². The molecule has 1 aromatic heterocycles. The molecule has 1 unspecified atom stereocenters. The maximum atomic E-state index is 5.30. The summed E-state index contributed by atoms with van der Waals surface area (Å²) in [6.07, 6.45) is 3.19. The number of aromatic nitrogens is 1. The second-order valence-electron chi connectivity index (χ2n) is 4.59. The van der Waals surface area contributed by atoms with Crippen molar-refractivity contribution in [3.05, 3.63) is 23.9 Å². The molecule has 4 heteroatoms. The minimum Gasteiger partial charge on any atom is -0.380 e. The third kappa shape index (κ3) is 4.63. The highest BCUT2D eigenvalue weighted by Crippen LogP contribution is 2.16. The van der Waals surface area contributed by atoms with Crippen LogP contribution in [0.5, 0.6) is 0 Å². The van der Waals surface area contributed by atoms with Gasteiger partial charge < -0.3 is 15.0 Å². The molecule has 0 amide bonds. The largest absolute Gasteiger partial charge is 0.380 e. The van der Waals surface area contributed by atoms with Crippen molar-refractivity contribution >= 4 is 5.82 Å². The predicted octanol–water partition coefficient (Wildman–Crippen LogP) is 2.05. The van der Waals surface area contributed by atoms with Gasteiger partial charge in [-0.3, -0.25) is 0 Å². The summed E-state index contributed by atoms with van der Waals surface area (Å²) in [7, 11) is 3.79. The Labute approximate surface area is 110 Å². The van der Waals surface area contributed by atoms with E-state index >= 15 is 0 Å². The molecule has 0 aliphatic heterocycles. The Balaban J connectivity index is 2.68. The number of hydrogen-bond acceptors (Lipinski definition) is 4. The Morgan fingerprint density at radius 2 is 2.28 bits per heavy atom. The lowest BCUT2D eigenvalue weighted by Crippen LogP contribution is -2.30. The van der Waals surface area contributed by atoms with Crippen molar-refractivity contribution in [2.45, 2.75) is 32.9 Å². The van der Waals surface area contributed by atoms with Gasteiger partial charge in [0.05, 0.1) is 6.10 Å². The molecule has 1 rings (SSSR count). The first-order valence-corrected chi connectivity index (χ1v) is 6.57. The molecule has 0 aliphatic rings. The van der Waals surface area contributed by atoms with Gasteiger partial charge in [-0.1, -0.05) is 13.0 Å². The minimum atomic E-state index is 0.202. The fourth-order valence-corrected chi connectivity index (χ4v) is 1.86. The standard InChI is InChI=1S/C14H25N3O/c1-5-8-15-10-13-7-6-9-16-14(13)17(3)11-12(2)18-4/h6-7,9,12,15H,5,8,10-11H2,1-4H3. The summed E-state index contributed by atoms with van der Waals surface area (Å²) < 4.78 is 5.30. The van der Waals surface area contributed by atoms with E-state index in [-0.39, 0.29) is 6.10 Å². The molecule has 0 bridgehead atoms. The number of hydrogen-bond donors (Lipinski definition) is 1. The number of pyridine rings is 1. The van der Waals surface area contributed by atoms with Crippen LogP contribution in [0.15, 0.2) is 18.3 Å². The molecule has 1 atom stereocenters. The number of nitrogens with one attached hydrogen (secondary N) is 1. The zero-order chi connectivity index (χ0) is 13.4. The van der Waals surface area contributed by atoms with E-state index in [4.69, 9.17) is 4.74 Å². The van der Waals surface area contributed by atoms with Crippen LogP contribution in [0.3, 0.4) is 0 Å². The molecule has 1 N–H and O–H groups in total. The smallest absolute Gasteiger partial charge is 0.132 e. The molecule has 4 nitrogen and oxygen atoms in total. The monoisotopic (exact) mass is 251 g/mol. The van der Waals surface area contributed by atoms with Crippen LogP contribution < -0.4 is 10.2 Å². The summed E-state index contributed by atoms with van der Waals surface area (Å²) in [6.45, 7) is 6.97. The molecule has 0 spiro atoms. The van der Waals surface area contributed by atoms with Crippen molar-refractivity contribution in [1.29, 1.82) is 0 Å². The maximum Gasteiger partial charge on any atom is 0.132 e. The normalized spacial score (nSPS) is 12.4. The molecular weight excluding hydrogens is 226 g/mol. The van der Waals surface area contributed by atoms with E-state index < -0.39 is 0 Å². The van der Waals surface area contributed by atoms with Crippen LogP contribution in [0.2, 0.25) is 0 Å². The summed E-state index contributed by atoms with van der Waals surface area (Å²) in [5.41, 5.74) is 1.23. The second-order valence-corrected chi connectivity index (χ2v) is 4.59. The van der Waals surface area contributed by atoms with Crippen molar-refractivity contribution < 1.29 is 4.74 Å². The van der Waals surface area contributed by atoms with Crippen molar-refractivity contribution in [3.63, 3.8) is 0 Å². The van der Waals surface area contributed by atoms with E-state index in [1.807, 2.05) is 12.3 Å². The summed E-state index contributed by atoms with van der Waals surface area (Å²) in [6, 6.07) is 4.11. The first-order chi connectivity index (χ1) is 8.69. The number of ether oxygens (including phenoxy) is 1. The number of methoxy groups -OCH3 is 1. The van der Waals surface area contributed by atoms with E-state index in [0.29, 0.717) is 0 Å². The average molecular weight is 251 g/mol. The van der Waals surface area contributed by atoms with Gasteiger partial charge in [-0.25, -0.2) is 4.98 Å². The van der Waals surface area contributed by atoms with Gasteiger partial charge in [0, 0.05) is 39.0 Å². The van der Waals surface area contributed by atoms with Crippen LogP contribution in [0.1, 0.15) is 25.8 Å². The second kappa shape index (κ2) is 8.06. The summed E-state index contributed by atoms with van der Waals surface area (Å²) in [4.78, 5) is 6.62. The van der Waals surface area contributed by atoms with Gasteiger partial charge in [-0.2, -0.15) is 0 Å². The average Bonchev–Trinajstić information content (AvgIpc) is 2.39. The molecule has 18 heavy (non-hydrogen) atoms. The summed E-state index contributed by atoms with van der Waals surface area (Å²) in [5.74, 6) is 1.03. The molecule has 0 aliphatic carbocycles. The topological polar surface area (TPSA) is 37.4 Å². The summed E-state index contributed by atoms with van der Waals surface area (Å²) in [5, 5.41) is 3.42. The highest BCUT2D eigenvalue weighted by molar-refractivity contribution is 5.46. The van der Waals surface area contributed by atoms with Crippen molar-refractivity contribution in [2.75, 3.05) is 32.1 Å². The van der Waals surface area contributed by atoms with Crippen molar-refractivity contribution in [1.82, 2.24) is 10.3 Å². The Morgan fingerprint density at radius 3 is 2.94 bits per heavy atom. The predicted molar refractivity (Wildman–Crippen MR) is 76.0 cm³/mol. The minimum absolute atomic E-state index is 0.202. The van der Waals surface area contributed by atoms with Crippen molar-refractivity contribution in [3.8, 4) is 0 Å². The van der Waals surface area contributed by atoms with Crippen LogP contribution in [0, 0.1) is 0 Å². The SMILES string of the molecule is CCCNCc1cccnc1N(C)CC(C)OC. The van der Waals surface area contributed by atoms with Crippen LogP contribution in [0.4, 0.5) is 5.82 Å². The Kier molecular flexibility index (Phi) is 6.68. The third-order valence-electron chi connectivity index (χ3n) is 2.90. The first kappa shape index (κ1) is 14.9. The van der Waals surface area contributed by atoms with E-state index in [2.05, 4.69) is 42.2 Å². The summed E-state index contributed by atoms with van der Waals surface area (Å²) >= 11 is 0. The van der Waals surface area contributed by atoms with Gasteiger partial charge in [0.15, 0.2) is 0 Å². The number of rotatable bonds is 8. The molecule has 0 saturated heterocycles. The Bertz CT molecular complexity index is 344. The zero-order valence-electron chi connectivity index (χ0n) is 11.9. The van der Waals surface area contributed by atoms with Crippen molar-refractivity contribution in [2.24, 2.45) is 0 Å². The fraction of sp³-hybridized carbons (Fsp3) is 0.643. The van der Waals surface area contributed by atoms with Gasteiger partial charge in [-0.05, 0) is 26.0 Å². The molecule has 0 saturated carbocycles. The molecule has 0 aromatic carbocycles. The van der Waals surface area contributed by atoms with Gasteiger partial charge in [0.25, 0.3) is 0 Å². The van der Waals surface area contributed by atoms with E-state index in [0.717, 1.165) is 31.9 Å². The zero-order valence-corrected chi connectivity index (χ0v) is 11.9. The molecule has 1 aromatic rings. The third-order valence-corrected chi connectivity index (χ3v) is 2.90. The van der Waals surface area contributed by atoms with Crippen LogP contribution in [-0.4, -0.2) is 38.3 Å². The van der Waals surface area contributed by atoms with E-state index in [1.165, 1.54) is 5.56 Å². The molecular formula is C14H25N3O. The van der Waals surface area contributed by atoms with E-state index in [1.54, 1.807) is 7.11 Å². The quantitative estimate of drug-likeness (QED) is 0.718. The lowest BCUT2D eigenvalue weighted by atomic mass is 10.2. The van der Waals surface area contributed by atoms with Crippen LogP contribution >= 0.6 is 0 Å². The molecule has 102 valence electrons. The number of likely N-dealkylation sites (N-methyl/N-ethyl adjacent to an activating group) is 1. The van der Waals surface area contributed by atoms with Gasteiger partial charge in [0.1, 0.15) is 5.82 Å². The van der Waals surface area contributed by atoms with Crippen LogP contribution in [-0.2, 0) is 11.3 Å². The first-order valence-electron chi connectivity index (χ1n) is 6.57. The molecule has 0 radical (unpaired) electrons. The molecule has 0 fully saturated rings. The Hall–Kier alpha value is -1.13. The van der Waals surface area contributed by atoms with Gasteiger partial charge >= 0.3 is 0 Å². The van der Waals surface area contributed by atoms with E-state index in [9.17, 15) is 0 Å². The Morgan fingerprint density at radius 1 is 1.50 bits per heavy atom. The lowest BCUT2D eigenvalue weighted by Gasteiger charge is -2.24. The lowest BCUT2D eigenvalue weighted by molar-refractivity contribution is 0.124. The fourth-order valence-electron chi connectivity index (χ4n) is 1.86.